The predicted octanol–water partition coefficient (Wildman–Crippen LogP) is 5.34. The van der Waals surface area contributed by atoms with Crippen LogP contribution in [0, 0.1) is 0 Å². The Hall–Kier alpha value is -1.39. The van der Waals surface area contributed by atoms with E-state index in [1.165, 1.54) is 50.5 Å². The molecule has 0 unspecified atom stereocenters. The molecule has 2 N–H and O–H groups in total. The van der Waals surface area contributed by atoms with Gasteiger partial charge in [-0.1, -0.05) is 74.9 Å². The van der Waals surface area contributed by atoms with Gasteiger partial charge in [0.05, 0.1) is 0 Å². The lowest BCUT2D eigenvalue weighted by Gasteiger charge is -2.03. The van der Waals surface area contributed by atoms with Crippen molar-refractivity contribution in [3.8, 4) is 11.4 Å². The van der Waals surface area contributed by atoms with Crippen molar-refractivity contribution in [1.82, 2.24) is 10.1 Å². The van der Waals surface area contributed by atoms with Gasteiger partial charge < -0.3 is 10.3 Å². The summed E-state index contributed by atoms with van der Waals surface area (Å²) in [6.07, 6.45) is 12.2. The molecule has 4 nitrogen and oxygen atoms in total. The van der Waals surface area contributed by atoms with E-state index in [2.05, 4.69) is 41.3 Å². The second-order valence-corrected chi connectivity index (χ2v) is 6.47. The predicted molar refractivity (Wildman–Crippen MR) is 106 cm³/mol. The summed E-state index contributed by atoms with van der Waals surface area (Å²) in [5, 5.41) is 4.05. The standard InChI is InChI=1S/C20H31N3O.ClH/c1-2-3-4-5-6-7-8-10-17-12-14-18(15-13-17)20-22-19(24-23-20)11-9-16-21;/h12-15H,2-11,16,21H2,1H3;1H. The van der Waals surface area contributed by atoms with Gasteiger partial charge >= 0.3 is 0 Å². The lowest BCUT2D eigenvalue weighted by atomic mass is 10.0. The number of nitrogens with zero attached hydrogens (tertiary/aromatic N) is 2. The molecule has 0 radical (unpaired) electrons. The number of aryl methyl sites for hydroxylation is 2. The van der Waals surface area contributed by atoms with Gasteiger partial charge in [0.1, 0.15) is 0 Å². The summed E-state index contributed by atoms with van der Waals surface area (Å²) in [7, 11) is 0. The molecule has 2 rings (SSSR count). The molecule has 2 aromatic rings. The van der Waals surface area contributed by atoms with Crippen molar-refractivity contribution >= 4 is 12.4 Å². The van der Waals surface area contributed by atoms with Crippen LogP contribution in [0.15, 0.2) is 28.8 Å². The van der Waals surface area contributed by atoms with Crippen molar-refractivity contribution in [2.24, 2.45) is 5.73 Å². The topological polar surface area (TPSA) is 64.9 Å². The van der Waals surface area contributed by atoms with Crippen LogP contribution in [-0.4, -0.2) is 16.7 Å². The lowest BCUT2D eigenvalue weighted by Crippen LogP contribution is -2.00. The first kappa shape index (κ1) is 21.7. The molecule has 1 aromatic heterocycles. The van der Waals surface area contributed by atoms with E-state index in [1.807, 2.05) is 0 Å². The summed E-state index contributed by atoms with van der Waals surface area (Å²) < 4.78 is 5.25. The van der Waals surface area contributed by atoms with E-state index in [1.54, 1.807) is 0 Å². The van der Waals surface area contributed by atoms with Gasteiger partial charge in [0, 0.05) is 12.0 Å². The largest absolute Gasteiger partial charge is 0.339 e. The van der Waals surface area contributed by atoms with Crippen LogP contribution in [0.2, 0.25) is 0 Å². The Labute approximate surface area is 158 Å². The minimum Gasteiger partial charge on any atom is -0.339 e. The highest BCUT2D eigenvalue weighted by Crippen LogP contribution is 2.18. The van der Waals surface area contributed by atoms with Crippen LogP contribution in [0.5, 0.6) is 0 Å². The summed E-state index contributed by atoms with van der Waals surface area (Å²) in [6, 6.07) is 8.55. The Morgan fingerprint density at radius 2 is 1.56 bits per heavy atom. The molecule has 1 aromatic carbocycles. The van der Waals surface area contributed by atoms with Crippen LogP contribution in [0.25, 0.3) is 11.4 Å². The fraction of sp³-hybridized carbons (Fsp3) is 0.600. The van der Waals surface area contributed by atoms with Gasteiger partial charge in [-0.15, -0.1) is 12.4 Å². The van der Waals surface area contributed by atoms with E-state index in [9.17, 15) is 0 Å². The Balaban J connectivity index is 0.00000312. The summed E-state index contributed by atoms with van der Waals surface area (Å²) in [4.78, 5) is 4.43. The molecule has 0 spiro atoms. The Bertz CT molecular complexity index is 569. The van der Waals surface area contributed by atoms with Crippen LogP contribution in [0.1, 0.15) is 69.7 Å². The average Bonchev–Trinajstić information content (AvgIpc) is 3.08. The maximum Gasteiger partial charge on any atom is 0.227 e. The Morgan fingerprint density at radius 1 is 0.880 bits per heavy atom. The highest BCUT2D eigenvalue weighted by molar-refractivity contribution is 5.85. The highest BCUT2D eigenvalue weighted by atomic mass is 35.5. The number of nitrogens with two attached hydrogens (primary N) is 1. The fourth-order valence-electron chi connectivity index (χ4n) is 2.83. The first-order chi connectivity index (χ1) is 11.8. The molecule has 0 fully saturated rings. The van der Waals surface area contributed by atoms with Gasteiger partial charge in [-0.05, 0) is 31.4 Å². The summed E-state index contributed by atoms with van der Waals surface area (Å²) in [6.45, 7) is 2.91. The number of benzene rings is 1. The molecule has 0 amide bonds. The molecular weight excluding hydrogens is 334 g/mol. The first-order valence-corrected chi connectivity index (χ1v) is 9.45. The van der Waals surface area contributed by atoms with Crippen LogP contribution < -0.4 is 5.73 Å². The zero-order chi connectivity index (χ0) is 17.0. The molecule has 25 heavy (non-hydrogen) atoms. The molecule has 0 saturated carbocycles. The van der Waals surface area contributed by atoms with Gasteiger partial charge in [0.15, 0.2) is 0 Å². The fourth-order valence-corrected chi connectivity index (χ4v) is 2.83. The van der Waals surface area contributed by atoms with Gasteiger partial charge in [-0.2, -0.15) is 4.98 Å². The van der Waals surface area contributed by atoms with Crippen molar-refractivity contribution in [2.75, 3.05) is 6.54 Å². The monoisotopic (exact) mass is 365 g/mol. The zero-order valence-corrected chi connectivity index (χ0v) is 16.2. The van der Waals surface area contributed by atoms with Crippen LogP contribution in [0.3, 0.4) is 0 Å². The number of hydrogen-bond donors (Lipinski definition) is 1. The summed E-state index contributed by atoms with van der Waals surface area (Å²) >= 11 is 0. The molecular formula is C20H32ClN3O. The van der Waals surface area contributed by atoms with Crippen LogP contribution in [0.4, 0.5) is 0 Å². The molecule has 0 aliphatic carbocycles. The van der Waals surface area contributed by atoms with Gasteiger partial charge in [0.25, 0.3) is 0 Å². The molecule has 5 heteroatoms. The number of unbranched alkanes of at least 4 members (excludes halogenated alkanes) is 6. The second kappa shape index (κ2) is 12.9. The molecule has 0 bridgehead atoms. The molecule has 0 saturated heterocycles. The van der Waals surface area contributed by atoms with Gasteiger partial charge in [0.2, 0.25) is 11.7 Å². The number of hydrogen-bond acceptors (Lipinski definition) is 4. The van der Waals surface area contributed by atoms with E-state index in [4.69, 9.17) is 10.3 Å². The smallest absolute Gasteiger partial charge is 0.227 e. The molecule has 0 atom stereocenters. The normalized spacial score (nSPS) is 10.6. The first-order valence-electron chi connectivity index (χ1n) is 9.45. The quantitative estimate of drug-likeness (QED) is 0.515. The SMILES string of the molecule is CCCCCCCCCc1ccc(-c2noc(CCCN)n2)cc1.Cl. The Kier molecular flexibility index (Phi) is 11.2. The van der Waals surface area contributed by atoms with Crippen molar-refractivity contribution in [3.63, 3.8) is 0 Å². The molecule has 140 valence electrons. The van der Waals surface area contributed by atoms with Crippen LogP contribution >= 0.6 is 12.4 Å². The van der Waals surface area contributed by atoms with Crippen molar-refractivity contribution in [1.29, 1.82) is 0 Å². The lowest BCUT2D eigenvalue weighted by molar-refractivity contribution is 0.376. The summed E-state index contributed by atoms with van der Waals surface area (Å²) in [5.41, 5.74) is 7.90. The zero-order valence-electron chi connectivity index (χ0n) is 15.4. The third-order valence-electron chi connectivity index (χ3n) is 4.34. The number of aromatic nitrogens is 2. The molecule has 0 aliphatic rings. The minimum absolute atomic E-state index is 0. The van der Waals surface area contributed by atoms with E-state index in [0.717, 1.165) is 24.8 Å². The second-order valence-electron chi connectivity index (χ2n) is 6.47. The summed E-state index contributed by atoms with van der Waals surface area (Å²) in [5.74, 6) is 1.34. The van der Waals surface area contributed by atoms with E-state index in [0.29, 0.717) is 18.3 Å². The maximum atomic E-state index is 5.50. The number of halogens is 1. The number of rotatable bonds is 12. The van der Waals surface area contributed by atoms with Crippen molar-refractivity contribution in [2.45, 2.75) is 71.1 Å². The minimum atomic E-state index is 0. The van der Waals surface area contributed by atoms with E-state index < -0.39 is 0 Å². The van der Waals surface area contributed by atoms with E-state index >= 15 is 0 Å². The molecule has 0 aliphatic heterocycles. The third kappa shape index (κ3) is 8.02. The molecule has 1 heterocycles. The average molecular weight is 366 g/mol. The van der Waals surface area contributed by atoms with Gasteiger partial charge in [-0.25, -0.2) is 0 Å². The van der Waals surface area contributed by atoms with E-state index in [-0.39, 0.29) is 12.4 Å². The third-order valence-corrected chi connectivity index (χ3v) is 4.34. The van der Waals surface area contributed by atoms with Crippen molar-refractivity contribution < 1.29 is 4.52 Å². The Morgan fingerprint density at radius 3 is 2.24 bits per heavy atom. The highest BCUT2D eigenvalue weighted by Gasteiger charge is 2.08. The maximum absolute atomic E-state index is 5.50. The van der Waals surface area contributed by atoms with Crippen molar-refractivity contribution in [3.05, 3.63) is 35.7 Å². The van der Waals surface area contributed by atoms with Crippen LogP contribution in [-0.2, 0) is 12.8 Å². The van der Waals surface area contributed by atoms with Gasteiger partial charge in [-0.3, -0.25) is 0 Å².